The first kappa shape index (κ1) is 18.0. The van der Waals surface area contributed by atoms with Crippen molar-refractivity contribution in [1.82, 2.24) is 0 Å². The van der Waals surface area contributed by atoms with Gasteiger partial charge in [0.1, 0.15) is 25.4 Å². The van der Waals surface area contributed by atoms with Gasteiger partial charge in [0.25, 0.3) is 0 Å². The topological polar surface area (TPSA) is 62.7 Å². The SMILES string of the molecule is Cc1cccc(C(C)(C)C)c1OCCOCC[NH2+]CC[NH3+]. The van der Waals surface area contributed by atoms with Gasteiger partial charge in [-0.3, -0.25) is 0 Å². The molecule has 0 bridgehead atoms. The molecule has 4 heteroatoms. The predicted molar refractivity (Wildman–Crippen MR) is 85.6 cm³/mol. The molecule has 0 aliphatic carbocycles. The number of hydrogen-bond donors (Lipinski definition) is 2. The van der Waals surface area contributed by atoms with Crippen LogP contribution < -0.4 is 15.8 Å². The largest absolute Gasteiger partial charge is 0.491 e. The van der Waals surface area contributed by atoms with E-state index in [2.05, 4.69) is 56.9 Å². The van der Waals surface area contributed by atoms with Gasteiger partial charge in [-0.15, -0.1) is 0 Å². The molecule has 0 saturated heterocycles. The molecule has 1 rings (SSSR count). The van der Waals surface area contributed by atoms with Gasteiger partial charge in [-0.25, -0.2) is 0 Å². The summed E-state index contributed by atoms with van der Waals surface area (Å²) < 4.78 is 11.6. The minimum Gasteiger partial charge on any atom is -0.491 e. The molecule has 0 aliphatic heterocycles. The van der Waals surface area contributed by atoms with Gasteiger partial charge in [-0.1, -0.05) is 39.0 Å². The van der Waals surface area contributed by atoms with Crippen molar-refractivity contribution in [3.8, 4) is 5.75 Å². The Kier molecular flexibility index (Phi) is 7.72. The second-order valence-corrected chi connectivity index (χ2v) is 6.38. The van der Waals surface area contributed by atoms with Crippen LogP contribution in [-0.4, -0.2) is 39.5 Å². The van der Waals surface area contributed by atoms with E-state index < -0.39 is 0 Å². The Balaban J connectivity index is 2.38. The second kappa shape index (κ2) is 9.03. The molecule has 0 unspecified atom stereocenters. The van der Waals surface area contributed by atoms with Crippen LogP contribution in [0.5, 0.6) is 5.75 Å². The van der Waals surface area contributed by atoms with E-state index in [0.717, 1.165) is 32.0 Å². The molecule has 0 saturated carbocycles. The fraction of sp³-hybridized carbons (Fsp3) is 0.647. The van der Waals surface area contributed by atoms with Crippen LogP contribution in [-0.2, 0) is 10.2 Å². The first-order valence-corrected chi connectivity index (χ1v) is 7.88. The van der Waals surface area contributed by atoms with E-state index in [4.69, 9.17) is 9.47 Å². The monoisotopic (exact) mass is 296 g/mol. The third kappa shape index (κ3) is 6.46. The van der Waals surface area contributed by atoms with Crippen LogP contribution in [0.15, 0.2) is 18.2 Å². The number of hydrogen-bond acceptors (Lipinski definition) is 2. The number of para-hydroxylation sites is 1. The molecule has 0 spiro atoms. The van der Waals surface area contributed by atoms with Gasteiger partial charge in [-0.2, -0.15) is 0 Å². The maximum atomic E-state index is 5.98. The highest BCUT2D eigenvalue weighted by molar-refractivity contribution is 5.44. The Hall–Kier alpha value is -1.10. The summed E-state index contributed by atoms with van der Waals surface area (Å²) in [7, 11) is 0. The van der Waals surface area contributed by atoms with E-state index in [9.17, 15) is 0 Å². The predicted octanol–water partition coefficient (Wildman–Crippen LogP) is 0.493. The lowest BCUT2D eigenvalue weighted by Crippen LogP contribution is -2.88. The molecular formula is C17H32N2O2+2. The van der Waals surface area contributed by atoms with Crippen molar-refractivity contribution in [2.45, 2.75) is 33.1 Å². The second-order valence-electron chi connectivity index (χ2n) is 6.38. The van der Waals surface area contributed by atoms with Crippen molar-refractivity contribution >= 4 is 0 Å². The Morgan fingerprint density at radius 2 is 1.86 bits per heavy atom. The maximum Gasteiger partial charge on any atom is 0.126 e. The summed E-state index contributed by atoms with van der Waals surface area (Å²) in [5.74, 6) is 1.01. The van der Waals surface area contributed by atoms with Crippen LogP contribution in [0.3, 0.4) is 0 Å². The van der Waals surface area contributed by atoms with E-state index >= 15 is 0 Å². The molecule has 120 valence electrons. The Bertz CT molecular complexity index is 414. The zero-order valence-electron chi connectivity index (χ0n) is 14.1. The number of aryl methyl sites for hydroxylation is 1. The molecule has 1 aromatic carbocycles. The minimum absolute atomic E-state index is 0.0886. The van der Waals surface area contributed by atoms with E-state index in [1.54, 1.807) is 0 Å². The van der Waals surface area contributed by atoms with Crippen molar-refractivity contribution in [1.29, 1.82) is 0 Å². The average Bonchev–Trinajstić information content (AvgIpc) is 2.42. The number of quaternary nitrogens is 2. The quantitative estimate of drug-likeness (QED) is 0.652. The highest BCUT2D eigenvalue weighted by Crippen LogP contribution is 2.33. The van der Waals surface area contributed by atoms with Crippen LogP contribution in [0.1, 0.15) is 31.9 Å². The number of rotatable bonds is 9. The van der Waals surface area contributed by atoms with Gasteiger partial charge >= 0.3 is 0 Å². The van der Waals surface area contributed by atoms with Crippen molar-refractivity contribution in [2.24, 2.45) is 0 Å². The fourth-order valence-corrected chi connectivity index (χ4v) is 2.19. The first-order chi connectivity index (χ1) is 9.96. The van der Waals surface area contributed by atoms with Gasteiger partial charge in [-0.05, 0) is 23.5 Å². The zero-order chi connectivity index (χ0) is 15.7. The standard InChI is InChI=1S/C17H30N2O2/c1-14-6-5-7-15(17(2,3)4)16(14)21-13-12-20-11-10-19-9-8-18/h5-7,19H,8-13,18H2,1-4H3/p+2. The summed E-state index contributed by atoms with van der Waals surface area (Å²) in [6, 6.07) is 6.34. The van der Waals surface area contributed by atoms with Crippen LogP contribution in [0.25, 0.3) is 0 Å². The number of benzene rings is 1. The Morgan fingerprint density at radius 3 is 2.52 bits per heavy atom. The van der Waals surface area contributed by atoms with Crippen LogP contribution in [0, 0.1) is 6.92 Å². The van der Waals surface area contributed by atoms with E-state index in [-0.39, 0.29) is 5.41 Å². The van der Waals surface area contributed by atoms with Gasteiger partial charge in [0.15, 0.2) is 0 Å². The third-order valence-corrected chi connectivity index (χ3v) is 3.37. The number of ether oxygens (including phenoxy) is 2. The summed E-state index contributed by atoms with van der Waals surface area (Å²) >= 11 is 0. The molecule has 5 N–H and O–H groups in total. The lowest BCUT2D eigenvalue weighted by molar-refractivity contribution is -0.671. The first-order valence-electron chi connectivity index (χ1n) is 7.88. The van der Waals surface area contributed by atoms with E-state index in [1.807, 2.05) is 0 Å². The minimum atomic E-state index is 0.0886. The van der Waals surface area contributed by atoms with Crippen LogP contribution in [0.2, 0.25) is 0 Å². The smallest absolute Gasteiger partial charge is 0.126 e. The molecule has 1 aromatic rings. The molecule has 0 radical (unpaired) electrons. The van der Waals surface area contributed by atoms with Gasteiger partial charge in [0.2, 0.25) is 0 Å². The third-order valence-electron chi connectivity index (χ3n) is 3.37. The maximum absolute atomic E-state index is 5.98. The molecule has 0 atom stereocenters. The lowest BCUT2D eigenvalue weighted by atomic mass is 9.85. The Morgan fingerprint density at radius 1 is 1.10 bits per heavy atom. The lowest BCUT2D eigenvalue weighted by Gasteiger charge is -2.24. The fourth-order valence-electron chi connectivity index (χ4n) is 2.19. The summed E-state index contributed by atoms with van der Waals surface area (Å²) in [4.78, 5) is 0. The van der Waals surface area contributed by atoms with E-state index in [0.29, 0.717) is 13.2 Å². The molecule has 0 amide bonds. The Labute approximate surface area is 129 Å². The molecule has 0 fully saturated rings. The van der Waals surface area contributed by atoms with Crippen molar-refractivity contribution in [3.63, 3.8) is 0 Å². The summed E-state index contributed by atoms with van der Waals surface area (Å²) in [5.41, 5.74) is 6.34. The van der Waals surface area contributed by atoms with Gasteiger partial charge in [0, 0.05) is 0 Å². The molecule has 21 heavy (non-hydrogen) atoms. The molecule has 0 heterocycles. The highest BCUT2D eigenvalue weighted by Gasteiger charge is 2.19. The highest BCUT2D eigenvalue weighted by atomic mass is 16.5. The van der Waals surface area contributed by atoms with E-state index in [1.165, 1.54) is 11.1 Å². The van der Waals surface area contributed by atoms with Crippen molar-refractivity contribution in [2.75, 3.05) is 39.5 Å². The van der Waals surface area contributed by atoms with Gasteiger partial charge < -0.3 is 20.5 Å². The summed E-state index contributed by atoms with van der Waals surface area (Å²) in [6.07, 6.45) is 0. The number of nitrogens with two attached hydrogens (primary N) is 1. The average molecular weight is 296 g/mol. The molecule has 0 aromatic heterocycles. The summed E-state index contributed by atoms with van der Waals surface area (Å²) in [5, 5.41) is 2.23. The van der Waals surface area contributed by atoms with Crippen molar-refractivity contribution < 1.29 is 20.5 Å². The van der Waals surface area contributed by atoms with Gasteiger partial charge in [0.05, 0.1) is 19.8 Å². The molecule has 0 aliphatic rings. The van der Waals surface area contributed by atoms with Crippen molar-refractivity contribution in [3.05, 3.63) is 29.3 Å². The van der Waals surface area contributed by atoms with Crippen LogP contribution >= 0.6 is 0 Å². The van der Waals surface area contributed by atoms with Crippen LogP contribution in [0.4, 0.5) is 0 Å². The summed E-state index contributed by atoms with van der Waals surface area (Å²) in [6.45, 7) is 13.8. The normalized spacial score (nSPS) is 11.7. The molecular weight excluding hydrogens is 264 g/mol. The molecule has 4 nitrogen and oxygen atoms in total. The zero-order valence-corrected chi connectivity index (χ0v) is 14.1.